The minimum atomic E-state index is -4.70. The topological polar surface area (TPSA) is 66.1 Å². The summed E-state index contributed by atoms with van der Waals surface area (Å²) >= 11 is 0. The Balaban J connectivity index is 1.97. The summed E-state index contributed by atoms with van der Waals surface area (Å²) in [6, 6.07) is 13.4. The minimum absolute atomic E-state index is 0.0979. The Bertz CT molecular complexity index is 1140. The van der Waals surface area contributed by atoms with E-state index >= 15 is 0 Å². The molecule has 0 saturated carbocycles. The number of hydrogen-bond acceptors (Lipinski definition) is 3. The van der Waals surface area contributed by atoms with E-state index in [1.165, 1.54) is 29.2 Å². The molecule has 0 atom stereocenters. The van der Waals surface area contributed by atoms with Crippen molar-refractivity contribution in [1.82, 2.24) is 14.9 Å². The molecular weight excluding hydrogens is 395 g/mol. The van der Waals surface area contributed by atoms with Crippen molar-refractivity contribution in [3.63, 3.8) is 0 Å². The van der Waals surface area contributed by atoms with Crippen LogP contribution in [-0.4, -0.2) is 33.0 Å². The summed E-state index contributed by atoms with van der Waals surface area (Å²) in [5.41, 5.74) is -1.05. The van der Waals surface area contributed by atoms with Crippen LogP contribution >= 0.6 is 0 Å². The van der Waals surface area contributed by atoms with Crippen molar-refractivity contribution in [1.29, 1.82) is 0 Å². The summed E-state index contributed by atoms with van der Waals surface area (Å²) in [6.45, 7) is 3.23. The van der Waals surface area contributed by atoms with Crippen LogP contribution in [0, 0.1) is 0 Å². The van der Waals surface area contributed by atoms with Crippen molar-refractivity contribution in [3.8, 4) is 0 Å². The van der Waals surface area contributed by atoms with Gasteiger partial charge in [0.15, 0.2) is 0 Å². The highest BCUT2D eigenvalue weighted by molar-refractivity contribution is 5.96. The van der Waals surface area contributed by atoms with Crippen molar-refractivity contribution in [3.05, 3.63) is 82.4 Å². The molecule has 0 bridgehead atoms. The molecule has 0 unspecified atom stereocenters. The SMILES string of the molecule is CC(C)N(Cc1nc2ccccc2c(=O)[nH]1)C(=O)/C=C(/c1ccccc1)C(F)(F)F. The van der Waals surface area contributed by atoms with Crippen molar-refractivity contribution in [2.75, 3.05) is 0 Å². The number of amides is 1. The van der Waals surface area contributed by atoms with Gasteiger partial charge in [-0.2, -0.15) is 13.2 Å². The quantitative estimate of drug-likeness (QED) is 0.632. The van der Waals surface area contributed by atoms with E-state index in [0.29, 0.717) is 17.0 Å². The van der Waals surface area contributed by atoms with Crippen LogP contribution in [0.5, 0.6) is 0 Å². The largest absolute Gasteiger partial charge is 0.417 e. The Morgan fingerprint density at radius 1 is 1.10 bits per heavy atom. The molecular formula is C22H20F3N3O2. The lowest BCUT2D eigenvalue weighted by atomic mass is 10.0. The molecule has 0 aliphatic carbocycles. The molecule has 1 N–H and O–H groups in total. The monoisotopic (exact) mass is 415 g/mol. The lowest BCUT2D eigenvalue weighted by Gasteiger charge is -2.26. The van der Waals surface area contributed by atoms with Crippen LogP contribution in [0.4, 0.5) is 13.2 Å². The lowest BCUT2D eigenvalue weighted by molar-refractivity contribution is -0.128. The number of para-hydroxylation sites is 1. The number of nitrogens with one attached hydrogen (secondary N) is 1. The summed E-state index contributed by atoms with van der Waals surface area (Å²) in [7, 11) is 0. The number of benzene rings is 2. The van der Waals surface area contributed by atoms with E-state index in [1.54, 1.807) is 44.2 Å². The van der Waals surface area contributed by atoms with E-state index in [-0.39, 0.29) is 23.5 Å². The first-order chi connectivity index (χ1) is 14.2. The summed E-state index contributed by atoms with van der Waals surface area (Å²) in [5.74, 6) is -0.626. The maximum atomic E-state index is 13.6. The zero-order valence-corrected chi connectivity index (χ0v) is 16.4. The summed E-state index contributed by atoms with van der Waals surface area (Å²) in [5, 5.41) is 0.395. The van der Waals surface area contributed by atoms with Gasteiger partial charge in [0.2, 0.25) is 5.91 Å². The molecule has 0 radical (unpaired) electrons. The number of H-pyrrole nitrogens is 1. The third-order valence-electron chi connectivity index (χ3n) is 4.55. The number of allylic oxidation sites excluding steroid dienone is 1. The van der Waals surface area contributed by atoms with Crippen LogP contribution in [0.15, 0.2) is 65.5 Å². The van der Waals surface area contributed by atoms with Crippen LogP contribution in [0.1, 0.15) is 25.2 Å². The Morgan fingerprint density at radius 2 is 1.73 bits per heavy atom. The zero-order chi connectivity index (χ0) is 21.9. The van der Waals surface area contributed by atoms with E-state index in [2.05, 4.69) is 9.97 Å². The molecule has 0 saturated heterocycles. The summed E-state index contributed by atoms with van der Waals surface area (Å²) in [4.78, 5) is 33.2. The Morgan fingerprint density at radius 3 is 2.37 bits per heavy atom. The van der Waals surface area contributed by atoms with Crippen molar-refractivity contribution in [2.45, 2.75) is 32.6 Å². The second-order valence-corrected chi connectivity index (χ2v) is 7.01. The number of alkyl halides is 3. The Labute approximate surface area is 170 Å². The Kier molecular flexibility index (Phi) is 6.05. The van der Waals surface area contributed by atoms with Crippen molar-refractivity contribution in [2.24, 2.45) is 0 Å². The van der Waals surface area contributed by atoms with Crippen LogP contribution in [0.3, 0.4) is 0 Å². The number of fused-ring (bicyclic) bond motifs is 1. The average Bonchev–Trinajstić information content (AvgIpc) is 2.69. The first-order valence-corrected chi connectivity index (χ1v) is 9.29. The van der Waals surface area contributed by atoms with Gasteiger partial charge in [-0.3, -0.25) is 9.59 Å². The normalized spacial score (nSPS) is 12.4. The van der Waals surface area contributed by atoms with Gasteiger partial charge < -0.3 is 9.88 Å². The fraction of sp³-hybridized carbons (Fsp3) is 0.227. The molecule has 1 aromatic heterocycles. The summed E-state index contributed by atoms with van der Waals surface area (Å²) in [6.07, 6.45) is -4.11. The van der Waals surface area contributed by atoms with Crippen LogP contribution in [-0.2, 0) is 11.3 Å². The molecule has 3 aromatic rings. The molecule has 156 valence electrons. The highest BCUT2D eigenvalue weighted by Gasteiger charge is 2.36. The van der Waals surface area contributed by atoms with E-state index in [9.17, 15) is 22.8 Å². The van der Waals surface area contributed by atoms with Gasteiger partial charge in [-0.1, -0.05) is 42.5 Å². The van der Waals surface area contributed by atoms with Crippen LogP contribution < -0.4 is 5.56 Å². The molecule has 0 fully saturated rings. The molecule has 2 aromatic carbocycles. The fourth-order valence-corrected chi connectivity index (χ4v) is 3.04. The molecule has 0 aliphatic rings. The van der Waals surface area contributed by atoms with E-state index < -0.39 is 23.7 Å². The molecule has 30 heavy (non-hydrogen) atoms. The zero-order valence-electron chi connectivity index (χ0n) is 16.4. The van der Waals surface area contributed by atoms with E-state index in [4.69, 9.17) is 0 Å². The van der Waals surface area contributed by atoms with Gasteiger partial charge in [0.1, 0.15) is 5.82 Å². The number of rotatable bonds is 5. The average molecular weight is 415 g/mol. The number of aromatic nitrogens is 2. The third kappa shape index (κ3) is 4.76. The first kappa shape index (κ1) is 21.3. The molecule has 3 rings (SSSR count). The molecule has 5 nitrogen and oxygen atoms in total. The molecule has 0 spiro atoms. The molecule has 8 heteroatoms. The van der Waals surface area contributed by atoms with Gasteiger partial charge in [-0.25, -0.2) is 4.98 Å². The molecule has 0 aliphatic heterocycles. The second-order valence-electron chi connectivity index (χ2n) is 7.01. The predicted molar refractivity (Wildman–Crippen MR) is 109 cm³/mol. The maximum Gasteiger partial charge on any atom is 0.417 e. The number of nitrogens with zero attached hydrogens (tertiary/aromatic N) is 2. The third-order valence-corrected chi connectivity index (χ3v) is 4.55. The Hall–Kier alpha value is -3.42. The lowest BCUT2D eigenvalue weighted by Crippen LogP contribution is -2.37. The maximum absolute atomic E-state index is 13.6. The first-order valence-electron chi connectivity index (χ1n) is 9.29. The van der Waals surface area contributed by atoms with Crippen molar-refractivity contribution < 1.29 is 18.0 Å². The van der Waals surface area contributed by atoms with Gasteiger partial charge in [0.25, 0.3) is 5.56 Å². The van der Waals surface area contributed by atoms with Gasteiger partial charge >= 0.3 is 6.18 Å². The smallest absolute Gasteiger partial charge is 0.329 e. The molecule has 1 amide bonds. The highest BCUT2D eigenvalue weighted by atomic mass is 19.4. The van der Waals surface area contributed by atoms with Gasteiger partial charge in [0, 0.05) is 12.1 Å². The highest BCUT2D eigenvalue weighted by Crippen LogP contribution is 2.34. The number of carbonyl (C=O) groups is 1. The number of halogens is 3. The van der Waals surface area contributed by atoms with E-state index in [0.717, 1.165) is 0 Å². The summed E-state index contributed by atoms with van der Waals surface area (Å²) < 4.78 is 40.8. The number of aromatic amines is 1. The van der Waals surface area contributed by atoms with Gasteiger partial charge in [-0.15, -0.1) is 0 Å². The van der Waals surface area contributed by atoms with Crippen LogP contribution in [0.2, 0.25) is 0 Å². The second kappa shape index (κ2) is 8.52. The number of hydrogen-bond donors (Lipinski definition) is 1. The number of carbonyl (C=O) groups excluding carboxylic acids is 1. The van der Waals surface area contributed by atoms with Gasteiger partial charge in [0.05, 0.1) is 23.0 Å². The van der Waals surface area contributed by atoms with Gasteiger partial charge in [-0.05, 0) is 31.5 Å². The van der Waals surface area contributed by atoms with Crippen molar-refractivity contribution >= 4 is 22.4 Å². The minimum Gasteiger partial charge on any atom is -0.329 e. The van der Waals surface area contributed by atoms with E-state index in [1.807, 2.05) is 0 Å². The standard InChI is InChI=1S/C22H20F3N3O2/c1-14(2)28(13-19-26-18-11-7-6-10-16(18)21(30)27-19)20(29)12-17(22(23,24)25)15-8-4-3-5-9-15/h3-12,14H,13H2,1-2H3,(H,26,27,30)/b17-12-. The van der Waals surface area contributed by atoms with Crippen LogP contribution in [0.25, 0.3) is 16.5 Å². The molecule has 1 heterocycles. The fourth-order valence-electron chi connectivity index (χ4n) is 3.04. The predicted octanol–water partition coefficient (Wildman–Crippen LogP) is 4.31.